The number of para-hydroxylation sites is 1. The molecule has 0 radical (unpaired) electrons. The molecule has 0 saturated heterocycles. The maximum Gasteiger partial charge on any atom is 0.261 e. The molecule has 2 unspecified atom stereocenters. The molecule has 0 aliphatic rings. The monoisotopic (exact) mass is 334 g/mol. The molecule has 1 amide bonds. The summed E-state index contributed by atoms with van der Waals surface area (Å²) in [5.41, 5.74) is 5.66. The molecule has 1 rings (SSSR count). The van der Waals surface area contributed by atoms with Crippen LogP contribution in [-0.4, -0.2) is 24.6 Å². The van der Waals surface area contributed by atoms with Crippen molar-refractivity contribution >= 4 is 29.9 Å². The minimum Gasteiger partial charge on any atom is -0.479 e. The van der Waals surface area contributed by atoms with Crippen LogP contribution in [0.1, 0.15) is 33.1 Å². The van der Waals surface area contributed by atoms with Crippen molar-refractivity contribution in [2.75, 3.05) is 6.54 Å². The molecule has 0 heterocycles. The van der Waals surface area contributed by atoms with Crippen LogP contribution >= 0.6 is 24.0 Å². The third kappa shape index (κ3) is 7.02. The predicted molar refractivity (Wildman–Crippen MR) is 89.3 cm³/mol. The highest BCUT2D eigenvalue weighted by Crippen LogP contribution is 2.24. The molecule has 0 aliphatic carbocycles. The molecule has 4 nitrogen and oxygen atoms in total. The van der Waals surface area contributed by atoms with Crippen LogP contribution in [-0.2, 0) is 4.79 Å². The first kappa shape index (κ1) is 20.0. The van der Waals surface area contributed by atoms with E-state index >= 15 is 0 Å². The van der Waals surface area contributed by atoms with Crippen molar-refractivity contribution in [3.8, 4) is 5.75 Å². The summed E-state index contributed by atoms with van der Waals surface area (Å²) in [6, 6.07) is 7.10. The highest BCUT2D eigenvalue weighted by Gasteiger charge is 2.18. The number of carbonyl (C=O) groups is 1. The molecular formula is C15H24Cl2N2O2. The number of nitrogens with two attached hydrogens (primary N) is 1. The van der Waals surface area contributed by atoms with E-state index in [0.29, 0.717) is 17.3 Å². The molecule has 2 atom stereocenters. The van der Waals surface area contributed by atoms with Gasteiger partial charge in [0.1, 0.15) is 5.75 Å². The summed E-state index contributed by atoms with van der Waals surface area (Å²) in [6.45, 7) is 4.25. The van der Waals surface area contributed by atoms with Crippen molar-refractivity contribution in [1.29, 1.82) is 0 Å². The molecule has 0 saturated carbocycles. The second kappa shape index (κ2) is 10.7. The van der Waals surface area contributed by atoms with Crippen molar-refractivity contribution in [2.45, 2.75) is 45.3 Å². The number of hydrogen-bond acceptors (Lipinski definition) is 3. The Hall–Kier alpha value is -0.970. The number of nitrogens with one attached hydrogen (secondary N) is 1. The number of halogens is 2. The average molecular weight is 335 g/mol. The van der Waals surface area contributed by atoms with Gasteiger partial charge in [0.2, 0.25) is 0 Å². The van der Waals surface area contributed by atoms with Crippen molar-refractivity contribution < 1.29 is 9.53 Å². The Morgan fingerprint density at radius 2 is 2.10 bits per heavy atom. The number of benzene rings is 1. The molecule has 3 N–H and O–H groups in total. The first-order valence-electron chi connectivity index (χ1n) is 7.00. The highest BCUT2D eigenvalue weighted by atomic mass is 35.5. The first-order valence-corrected chi connectivity index (χ1v) is 7.37. The minimum atomic E-state index is -0.606. The van der Waals surface area contributed by atoms with Gasteiger partial charge >= 0.3 is 0 Å². The quantitative estimate of drug-likeness (QED) is 0.767. The van der Waals surface area contributed by atoms with E-state index < -0.39 is 6.10 Å². The van der Waals surface area contributed by atoms with Crippen molar-refractivity contribution in [1.82, 2.24) is 5.32 Å². The van der Waals surface area contributed by atoms with E-state index in [-0.39, 0.29) is 24.4 Å². The third-order valence-corrected chi connectivity index (χ3v) is 3.36. The molecular weight excluding hydrogens is 311 g/mol. The normalized spacial score (nSPS) is 13.0. The van der Waals surface area contributed by atoms with Gasteiger partial charge < -0.3 is 15.8 Å². The van der Waals surface area contributed by atoms with Gasteiger partial charge in [0.25, 0.3) is 5.91 Å². The number of unbranched alkanes of at least 4 members (excludes halogenated alkanes) is 1. The molecule has 1 aromatic rings. The maximum atomic E-state index is 12.1. The lowest BCUT2D eigenvalue weighted by molar-refractivity contribution is -0.128. The Labute approximate surface area is 137 Å². The van der Waals surface area contributed by atoms with Gasteiger partial charge in [0.15, 0.2) is 6.10 Å². The molecule has 120 valence electrons. The standard InChI is InChI=1S/C15H23ClN2O2.ClH/c1-3-4-7-12(10-17)18-15(19)11(2)20-14-9-6-5-8-13(14)16;/h5-6,8-9,11-12H,3-4,7,10,17H2,1-2H3,(H,18,19);1H. The zero-order valence-electron chi connectivity index (χ0n) is 12.5. The number of ether oxygens (including phenoxy) is 1. The first-order chi connectivity index (χ1) is 9.58. The molecule has 6 heteroatoms. The van der Waals surface area contributed by atoms with Crippen LogP contribution in [0.4, 0.5) is 0 Å². The molecule has 0 aromatic heterocycles. The number of hydrogen-bond donors (Lipinski definition) is 2. The Kier molecular flexibility index (Phi) is 10.2. The predicted octanol–water partition coefficient (Wildman–Crippen LogP) is 3.16. The minimum absolute atomic E-state index is 0. The van der Waals surface area contributed by atoms with Crippen LogP contribution in [0.5, 0.6) is 5.75 Å². The van der Waals surface area contributed by atoms with Crippen molar-refractivity contribution in [2.24, 2.45) is 5.73 Å². The average Bonchev–Trinajstić information content (AvgIpc) is 2.45. The Morgan fingerprint density at radius 3 is 2.67 bits per heavy atom. The van der Waals surface area contributed by atoms with Crippen LogP contribution in [0.3, 0.4) is 0 Å². The fraction of sp³-hybridized carbons (Fsp3) is 0.533. The lowest BCUT2D eigenvalue weighted by Crippen LogP contribution is -2.45. The zero-order chi connectivity index (χ0) is 15.0. The van der Waals surface area contributed by atoms with Crippen LogP contribution in [0.15, 0.2) is 24.3 Å². The third-order valence-electron chi connectivity index (χ3n) is 3.05. The number of carbonyl (C=O) groups excluding carboxylic acids is 1. The van der Waals surface area contributed by atoms with E-state index in [4.69, 9.17) is 22.1 Å². The molecule has 0 bridgehead atoms. The summed E-state index contributed by atoms with van der Waals surface area (Å²) in [7, 11) is 0. The second-order valence-corrected chi connectivity index (χ2v) is 5.18. The topological polar surface area (TPSA) is 64.3 Å². The molecule has 0 spiro atoms. The molecule has 0 aliphatic heterocycles. The van der Waals surface area contributed by atoms with Gasteiger partial charge in [-0.2, -0.15) is 0 Å². The summed E-state index contributed by atoms with van der Waals surface area (Å²) in [6.07, 6.45) is 2.41. The van der Waals surface area contributed by atoms with Crippen molar-refractivity contribution in [3.63, 3.8) is 0 Å². The van der Waals surface area contributed by atoms with Crippen molar-refractivity contribution in [3.05, 3.63) is 29.3 Å². The van der Waals surface area contributed by atoms with E-state index in [9.17, 15) is 4.79 Å². The van der Waals surface area contributed by atoms with Gasteiger partial charge in [-0.1, -0.05) is 43.5 Å². The number of rotatable bonds is 8. The largest absolute Gasteiger partial charge is 0.479 e. The lowest BCUT2D eigenvalue weighted by Gasteiger charge is -2.20. The lowest BCUT2D eigenvalue weighted by atomic mass is 10.1. The maximum absolute atomic E-state index is 12.1. The van der Waals surface area contributed by atoms with Gasteiger partial charge in [-0.15, -0.1) is 12.4 Å². The SMILES string of the molecule is CCCCC(CN)NC(=O)C(C)Oc1ccccc1Cl.Cl. The zero-order valence-corrected chi connectivity index (χ0v) is 14.0. The summed E-state index contributed by atoms with van der Waals surface area (Å²) in [5, 5.41) is 3.40. The fourth-order valence-electron chi connectivity index (χ4n) is 1.80. The van der Waals surface area contributed by atoms with Crippen LogP contribution in [0.25, 0.3) is 0 Å². The van der Waals surface area contributed by atoms with Gasteiger partial charge in [0, 0.05) is 12.6 Å². The smallest absolute Gasteiger partial charge is 0.261 e. The van der Waals surface area contributed by atoms with E-state index in [1.165, 1.54) is 0 Å². The summed E-state index contributed by atoms with van der Waals surface area (Å²) >= 11 is 6.00. The Morgan fingerprint density at radius 1 is 1.43 bits per heavy atom. The second-order valence-electron chi connectivity index (χ2n) is 4.77. The van der Waals surface area contributed by atoms with Crippen LogP contribution in [0, 0.1) is 0 Å². The van der Waals surface area contributed by atoms with Gasteiger partial charge in [-0.05, 0) is 25.5 Å². The van der Waals surface area contributed by atoms with Gasteiger partial charge in [0.05, 0.1) is 5.02 Å². The summed E-state index contributed by atoms with van der Waals surface area (Å²) < 4.78 is 5.57. The van der Waals surface area contributed by atoms with E-state index in [2.05, 4.69) is 12.2 Å². The summed E-state index contributed by atoms with van der Waals surface area (Å²) in [5.74, 6) is 0.339. The number of amides is 1. The molecule has 21 heavy (non-hydrogen) atoms. The van der Waals surface area contributed by atoms with Gasteiger partial charge in [-0.3, -0.25) is 4.79 Å². The highest BCUT2D eigenvalue weighted by molar-refractivity contribution is 6.32. The van der Waals surface area contributed by atoms with Gasteiger partial charge in [-0.25, -0.2) is 0 Å². The molecule has 0 fully saturated rings. The van der Waals surface area contributed by atoms with E-state index in [1.807, 2.05) is 12.1 Å². The fourth-order valence-corrected chi connectivity index (χ4v) is 1.98. The van der Waals surface area contributed by atoms with Crippen LogP contribution < -0.4 is 15.8 Å². The molecule has 1 aromatic carbocycles. The van der Waals surface area contributed by atoms with Crippen LogP contribution in [0.2, 0.25) is 5.02 Å². The Bertz CT molecular complexity index is 430. The Balaban J connectivity index is 0.00000400. The van der Waals surface area contributed by atoms with E-state index in [0.717, 1.165) is 19.3 Å². The summed E-state index contributed by atoms with van der Waals surface area (Å²) in [4.78, 5) is 12.1. The van der Waals surface area contributed by atoms with E-state index in [1.54, 1.807) is 19.1 Å².